The summed E-state index contributed by atoms with van der Waals surface area (Å²) >= 11 is 0. The van der Waals surface area contributed by atoms with Crippen molar-refractivity contribution in [2.75, 3.05) is 57.9 Å². The smallest absolute Gasteiger partial charge is 0.450 e. The molecule has 2 amide bonds. The molecule has 70 heavy (non-hydrogen) atoms. The molecule has 3 heterocycles. The number of nitrogens with zero attached hydrogens (tertiary/aromatic N) is 3. The molecule has 0 saturated carbocycles. The Kier molecular flexibility index (Phi) is 20.3. The average Bonchev–Trinajstić information content (AvgIpc) is 3.75. The van der Waals surface area contributed by atoms with Gasteiger partial charge in [-0.1, -0.05) is 54.6 Å². The molecule has 1 aliphatic rings. The number of likely N-dealkylation sites (N-methyl/N-ethyl adjacent to an activating group) is 1. The molecule has 0 radical (unpaired) electrons. The number of amides is 2. The molecule has 19 nitrogen and oxygen atoms in total. The van der Waals surface area contributed by atoms with E-state index in [2.05, 4.69) is 30.9 Å². The van der Waals surface area contributed by atoms with Crippen LogP contribution < -0.4 is 30.9 Å². The van der Waals surface area contributed by atoms with Crippen LogP contribution in [0.25, 0.3) is 33.5 Å². The number of hydrogen-bond acceptors (Lipinski definition) is 17. The third-order valence-corrected chi connectivity index (χ3v) is 11.6. The van der Waals surface area contributed by atoms with Crippen molar-refractivity contribution in [2.45, 2.75) is 89.8 Å². The van der Waals surface area contributed by atoms with Crippen LogP contribution in [-0.2, 0) is 49.6 Å². The van der Waals surface area contributed by atoms with Gasteiger partial charge >= 0.3 is 18.1 Å². The quantitative estimate of drug-likeness (QED) is 0.0220. The highest BCUT2D eigenvalue weighted by molar-refractivity contribution is 6.06. The molecule has 0 bridgehead atoms. The fourth-order valence-electron chi connectivity index (χ4n) is 7.74. The highest BCUT2D eigenvalue weighted by atomic mass is 16.7. The summed E-state index contributed by atoms with van der Waals surface area (Å²) in [6.07, 6.45) is 1.61. The number of unbranched alkanes of at least 4 members (excludes halogenated alkanes) is 2. The maximum absolute atomic E-state index is 13.0. The normalized spacial score (nSPS) is 13.3. The SMILES string of the molecule is CNC(CCCCNC(=O)CCC(=O)Oc1cccc(-c2nc(N3CCOCC3)c3oc4ccccc4c3n2)c1)C(=O)CNC(CCCCNC(=O)CCC(=O)OC(=O)OCc1ccccc1)C(C)=O. The van der Waals surface area contributed by atoms with Crippen LogP contribution in [-0.4, -0.2) is 117 Å². The van der Waals surface area contributed by atoms with Gasteiger partial charge in [-0.05, 0) is 82.3 Å². The van der Waals surface area contributed by atoms with Crippen molar-refractivity contribution in [3.63, 3.8) is 0 Å². The number of esters is 2. The number of ketones is 2. The Morgan fingerprint density at radius 3 is 2.11 bits per heavy atom. The molecule has 19 heteroatoms. The van der Waals surface area contributed by atoms with E-state index in [1.54, 1.807) is 49.5 Å². The van der Waals surface area contributed by atoms with E-state index >= 15 is 0 Å². The number of furan rings is 1. The van der Waals surface area contributed by atoms with Crippen molar-refractivity contribution in [2.24, 2.45) is 0 Å². The highest BCUT2D eigenvalue weighted by Crippen LogP contribution is 2.35. The first-order chi connectivity index (χ1) is 34.0. The predicted molar refractivity (Wildman–Crippen MR) is 259 cm³/mol. The number of morpholine rings is 1. The molecule has 2 aromatic heterocycles. The zero-order chi connectivity index (χ0) is 49.7. The number of hydrogen-bond donors (Lipinski definition) is 4. The third kappa shape index (κ3) is 16.3. The van der Waals surface area contributed by atoms with Crippen LogP contribution in [0.5, 0.6) is 5.75 Å². The molecule has 3 aromatic carbocycles. The molecule has 1 fully saturated rings. The zero-order valence-corrected chi connectivity index (χ0v) is 39.6. The first-order valence-electron chi connectivity index (χ1n) is 23.7. The molecule has 1 aliphatic heterocycles. The number of Topliss-reactive ketones (excluding diaryl/α,β-unsaturated/α-hetero) is 2. The number of rotatable bonds is 27. The topological polar surface area (TPSA) is 247 Å². The van der Waals surface area contributed by atoms with Crippen LogP contribution >= 0.6 is 0 Å². The number of ether oxygens (including phenoxy) is 4. The first-order valence-corrected chi connectivity index (χ1v) is 23.7. The lowest BCUT2D eigenvalue weighted by molar-refractivity contribution is -0.141. The summed E-state index contributed by atoms with van der Waals surface area (Å²) in [5, 5.41) is 12.5. The molecule has 0 aliphatic carbocycles. The number of carbonyl (C=O) groups is 7. The maximum atomic E-state index is 13.0. The predicted octanol–water partition coefficient (Wildman–Crippen LogP) is 5.50. The number of fused-ring (bicyclic) bond motifs is 3. The van der Waals surface area contributed by atoms with Gasteiger partial charge in [0.1, 0.15) is 29.2 Å². The summed E-state index contributed by atoms with van der Waals surface area (Å²) in [6.45, 7) is 4.52. The summed E-state index contributed by atoms with van der Waals surface area (Å²) in [6, 6.07) is 22.6. The Hall–Kier alpha value is -7.09. The molecule has 6 rings (SSSR count). The number of benzene rings is 3. The largest absolute Gasteiger partial charge is 0.516 e. The molecule has 2 atom stereocenters. The van der Waals surface area contributed by atoms with E-state index in [4.69, 9.17) is 28.6 Å². The molecule has 4 N–H and O–H groups in total. The number of aromatic nitrogens is 2. The monoisotopic (exact) mass is 963 g/mol. The van der Waals surface area contributed by atoms with Gasteiger partial charge in [0.05, 0.1) is 44.7 Å². The van der Waals surface area contributed by atoms with Gasteiger partial charge < -0.3 is 49.5 Å². The highest BCUT2D eigenvalue weighted by Gasteiger charge is 2.24. The van der Waals surface area contributed by atoms with E-state index in [0.29, 0.717) is 118 Å². The summed E-state index contributed by atoms with van der Waals surface area (Å²) in [4.78, 5) is 98.6. The third-order valence-electron chi connectivity index (χ3n) is 11.6. The van der Waals surface area contributed by atoms with E-state index in [9.17, 15) is 33.6 Å². The zero-order valence-electron chi connectivity index (χ0n) is 39.6. The van der Waals surface area contributed by atoms with Gasteiger partial charge in [-0.2, -0.15) is 0 Å². The van der Waals surface area contributed by atoms with Gasteiger partial charge in [-0.25, -0.2) is 14.8 Å². The molecule has 0 spiro atoms. The summed E-state index contributed by atoms with van der Waals surface area (Å²) in [5.41, 5.74) is 3.38. The van der Waals surface area contributed by atoms with E-state index in [-0.39, 0.29) is 62.2 Å². The lowest BCUT2D eigenvalue weighted by atomic mass is 10.0. The second kappa shape index (κ2) is 27.2. The van der Waals surface area contributed by atoms with Crippen LogP contribution in [0.2, 0.25) is 0 Å². The molecule has 372 valence electrons. The minimum Gasteiger partial charge on any atom is -0.450 e. The number of para-hydroxylation sites is 1. The van der Waals surface area contributed by atoms with E-state index in [1.807, 2.05) is 36.4 Å². The second-order valence-corrected chi connectivity index (χ2v) is 16.8. The average molecular weight is 964 g/mol. The fraction of sp³-hybridized carbons (Fsp3) is 0.431. The van der Waals surface area contributed by atoms with Crippen molar-refractivity contribution in [3.8, 4) is 17.1 Å². The molecule has 2 unspecified atom stereocenters. The lowest BCUT2D eigenvalue weighted by Crippen LogP contribution is -2.45. The van der Waals surface area contributed by atoms with Gasteiger partial charge in [0, 0.05) is 50.0 Å². The summed E-state index contributed by atoms with van der Waals surface area (Å²) in [7, 11) is 1.69. The Balaban J connectivity index is 0.828. The van der Waals surface area contributed by atoms with Gasteiger partial charge in [0.2, 0.25) is 11.8 Å². The van der Waals surface area contributed by atoms with E-state index in [1.165, 1.54) is 6.92 Å². The number of carbonyl (C=O) groups excluding carboxylic acids is 7. The van der Waals surface area contributed by atoms with Crippen molar-refractivity contribution in [1.82, 2.24) is 31.2 Å². The fourth-order valence-corrected chi connectivity index (χ4v) is 7.74. The molecular formula is C51H61N7O12. The van der Waals surface area contributed by atoms with Crippen molar-refractivity contribution >= 4 is 69.4 Å². The Morgan fingerprint density at radius 1 is 0.743 bits per heavy atom. The van der Waals surface area contributed by atoms with Gasteiger partial charge in [-0.15, -0.1) is 0 Å². The van der Waals surface area contributed by atoms with Gasteiger partial charge in [-0.3, -0.25) is 28.8 Å². The van der Waals surface area contributed by atoms with Crippen molar-refractivity contribution in [1.29, 1.82) is 0 Å². The Bertz CT molecular complexity index is 2580. The van der Waals surface area contributed by atoms with Gasteiger partial charge in [0.15, 0.2) is 23.0 Å². The Labute approximate surface area is 405 Å². The van der Waals surface area contributed by atoms with Crippen LogP contribution in [0, 0.1) is 0 Å². The summed E-state index contributed by atoms with van der Waals surface area (Å²) < 4.78 is 26.9. The lowest BCUT2D eigenvalue weighted by Gasteiger charge is -2.27. The van der Waals surface area contributed by atoms with Crippen LogP contribution in [0.15, 0.2) is 83.3 Å². The Morgan fingerprint density at radius 2 is 1.41 bits per heavy atom. The van der Waals surface area contributed by atoms with Crippen molar-refractivity contribution in [3.05, 3.63) is 84.4 Å². The first kappa shape index (κ1) is 52.3. The maximum Gasteiger partial charge on any atom is 0.516 e. The molecule has 5 aromatic rings. The van der Waals surface area contributed by atoms with Crippen LogP contribution in [0.1, 0.15) is 76.7 Å². The minimum atomic E-state index is -1.13. The van der Waals surface area contributed by atoms with E-state index in [0.717, 1.165) is 10.9 Å². The molecular weight excluding hydrogens is 903 g/mol. The van der Waals surface area contributed by atoms with Gasteiger partial charge in [0.25, 0.3) is 0 Å². The van der Waals surface area contributed by atoms with Crippen LogP contribution in [0.4, 0.5) is 10.6 Å². The minimum absolute atomic E-state index is 0.0123. The number of nitrogens with one attached hydrogen (secondary N) is 4. The second-order valence-electron chi connectivity index (χ2n) is 16.8. The standard InChI is InChI=1S/C51H61N7O12/c1-34(59)39(18-8-10-25-53-44(62)22-24-46(64)70-51(65)67-33-35-13-4-3-5-14-35)55-32-41(60)40(52-2)19-9-11-26-54-43(61)21-23-45(63)68-37-16-12-15-36(31-37)49-56-47-38-17-6-7-20-42(38)69-48(47)50(57-49)58-27-29-66-30-28-58/h3-7,12-17,20,31,39-40,52,55H,8-11,18-19,21-30,32-33H2,1-2H3,(H,53,62)(H,54,61). The van der Waals surface area contributed by atoms with Crippen molar-refractivity contribution < 1.29 is 56.9 Å². The number of anilines is 1. The van der Waals surface area contributed by atoms with Crippen LogP contribution in [0.3, 0.4) is 0 Å². The van der Waals surface area contributed by atoms with E-state index < -0.39 is 30.2 Å². The summed E-state index contributed by atoms with van der Waals surface area (Å²) in [5.74, 6) is -0.908. The molecule has 1 saturated heterocycles.